The van der Waals surface area contributed by atoms with Gasteiger partial charge in [-0.05, 0) is 23.8 Å². The van der Waals surface area contributed by atoms with Crippen LogP contribution in [0.5, 0.6) is 0 Å². The van der Waals surface area contributed by atoms with Crippen molar-refractivity contribution in [2.75, 3.05) is 0 Å². The molecule has 0 aliphatic heterocycles. The van der Waals surface area contributed by atoms with Crippen molar-refractivity contribution in [2.24, 2.45) is 5.10 Å². The lowest BCUT2D eigenvalue weighted by atomic mass is 10.0. The maximum absolute atomic E-state index is 12.7. The van der Waals surface area contributed by atoms with Gasteiger partial charge >= 0.3 is 0 Å². The van der Waals surface area contributed by atoms with Gasteiger partial charge in [0, 0.05) is 33.9 Å². The molecule has 4 aromatic rings. The van der Waals surface area contributed by atoms with Crippen LogP contribution in [0.2, 0.25) is 5.02 Å². The van der Waals surface area contributed by atoms with Crippen LogP contribution in [0.4, 0.5) is 0 Å². The standard InChI is InChI=1S/C19H14ClN5O/c20-13-5-3-4-12(10-13)17-14-6-1-2-7-15(14)24-18(17)19(26)25-23-11-16-21-8-9-22-16/h1-11,24H,(H,21,22)(H,25,26)/b23-11-. The molecule has 0 atom stereocenters. The Labute approximate surface area is 153 Å². The van der Waals surface area contributed by atoms with Crippen LogP contribution in [0.15, 0.2) is 66.0 Å². The molecule has 0 saturated heterocycles. The molecule has 0 aliphatic carbocycles. The number of carbonyl (C=O) groups is 1. The van der Waals surface area contributed by atoms with E-state index < -0.39 is 0 Å². The summed E-state index contributed by atoms with van der Waals surface area (Å²) in [6.07, 6.45) is 4.73. The number of benzene rings is 2. The van der Waals surface area contributed by atoms with Crippen molar-refractivity contribution < 1.29 is 4.79 Å². The number of H-pyrrole nitrogens is 2. The quantitative estimate of drug-likeness (QED) is 0.378. The Bertz CT molecular complexity index is 1100. The Morgan fingerprint density at radius 3 is 2.88 bits per heavy atom. The zero-order valence-corrected chi connectivity index (χ0v) is 14.3. The molecule has 0 fully saturated rings. The molecule has 6 nitrogen and oxygen atoms in total. The molecule has 4 rings (SSSR count). The number of aromatic amines is 2. The van der Waals surface area contributed by atoms with Gasteiger partial charge in [-0.1, -0.05) is 41.9 Å². The number of aromatic nitrogens is 3. The van der Waals surface area contributed by atoms with Crippen LogP contribution in [-0.2, 0) is 0 Å². The van der Waals surface area contributed by atoms with Crippen LogP contribution in [0, 0.1) is 0 Å². The molecule has 2 heterocycles. The molecule has 26 heavy (non-hydrogen) atoms. The summed E-state index contributed by atoms with van der Waals surface area (Å²) >= 11 is 6.14. The minimum Gasteiger partial charge on any atom is -0.350 e. The van der Waals surface area contributed by atoms with Gasteiger partial charge in [-0.2, -0.15) is 5.10 Å². The lowest BCUT2D eigenvalue weighted by Gasteiger charge is -2.05. The summed E-state index contributed by atoms with van der Waals surface area (Å²) in [7, 11) is 0. The molecule has 128 valence electrons. The normalized spacial score (nSPS) is 11.3. The van der Waals surface area contributed by atoms with Gasteiger partial charge < -0.3 is 9.97 Å². The smallest absolute Gasteiger partial charge is 0.288 e. The van der Waals surface area contributed by atoms with E-state index in [1.54, 1.807) is 18.5 Å². The van der Waals surface area contributed by atoms with Crippen LogP contribution in [0.3, 0.4) is 0 Å². The Balaban J connectivity index is 1.74. The first-order valence-electron chi connectivity index (χ1n) is 7.92. The van der Waals surface area contributed by atoms with E-state index in [4.69, 9.17) is 11.6 Å². The number of hydrazone groups is 1. The summed E-state index contributed by atoms with van der Waals surface area (Å²) < 4.78 is 0. The fourth-order valence-electron chi connectivity index (χ4n) is 2.81. The van der Waals surface area contributed by atoms with E-state index in [9.17, 15) is 4.79 Å². The first-order valence-corrected chi connectivity index (χ1v) is 8.29. The highest BCUT2D eigenvalue weighted by atomic mass is 35.5. The van der Waals surface area contributed by atoms with Gasteiger partial charge in [-0.15, -0.1) is 0 Å². The molecule has 3 N–H and O–H groups in total. The van der Waals surface area contributed by atoms with Crippen LogP contribution in [0.1, 0.15) is 16.3 Å². The number of nitrogens with one attached hydrogen (secondary N) is 3. The van der Waals surface area contributed by atoms with E-state index >= 15 is 0 Å². The highest BCUT2D eigenvalue weighted by Gasteiger charge is 2.19. The second-order valence-electron chi connectivity index (χ2n) is 5.60. The van der Waals surface area contributed by atoms with Gasteiger partial charge in [-0.25, -0.2) is 10.4 Å². The van der Waals surface area contributed by atoms with E-state index in [0.717, 1.165) is 22.0 Å². The summed E-state index contributed by atoms with van der Waals surface area (Å²) in [6.45, 7) is 0. The molecule has 2 aromatic heterocycles. The number of amides is 1. The Morgan fingerprint density at radius 1 is 1.19 bits per heavy atom. The second-order valence-corrected chi connectivity index (χ2v) is 6.04. The third kappa shape index (κ3) is 3.10. The predicted molar refractivity (Wildman–Crippen MR) is 102 cm³/mol. The Morgan fingerprint density at radius 2 is 2.08 bits per heavy atom. The number of imidazole rings is 1. The molecular weight excluding hydrogens is 350 g/mol. The number of nitrogens with zero attached hydrogens (tertiary/aromatic N) is 2. The van der Waals surface area contributed by atoms with E-state index in [1.165, 1.54) is 6.21 Å². The molecular formula is C19H14ClN5O. The minimum atomic E-state index is -0.348. The van der Waals surface area contributed by atoms with E-state index in [1.807, 2.05) is 42.5 Å². The maximum atomic E-state index is 12.7. The fraction of sp³-hybridized carbons (Fsp3) is 0. The number of rotatable bonds is 4. The lowest BCUT2D eigenvalue weighted by Crippen LogP contribution is -2.19. The van der Waals surface area contributed by atoms with Crippen molar-refractivity contribution in [1.82, 2.24) is 20.4 Å². The molecule has 1 amide bonds. The van der Waals surface area contributed by atoms with Gasteiger partial charge in [0.05, 0.1) is 6.21 Å². The largest absolute Gasteiger partial charge is 0.350 e. The molecule has 2 aromatic carbocycles. The molecule has 7 heteroatoms. The van der Waals surface area contributed by atoms with Crippen molar-refractivity contribution in [3.05, 3.63) is 77.5 Å². The zero-order valence-electron chi connectivity index (χ0n) is 13.5. The molecule has 0 aliphatic rings. The number of halogens is 1. The number of carbonyl (C=O) groups excluding carboxylic acids is 1. The predicted octanol–water partition coefficient (Wildman–Crippen LogP) is 3.98. The zero-order chi connectivity index (χ0) is 17.9. The average Bonchev–Trinajstić information content (AvgIpc) is 3.29. The van der Waals surface area contributed by atoms with Gasteiger partial charge in [-0.3, -0.25) is 4.79 Å². The Kier molecular flexibility index (Phi) is 4.25. The van der Waals surface area contributed by atoms with E-state index in [0.29, 0.717) is 16.5 Å². The molecule has 0 spiro atoms. The highest BCUT2D eigenvalue weighted by Crippen LogP contribution is 2.33. The lowest BCUT2D eigenvalue weighted by molar-refractivity contribution is 0.0951. The van der Waals surface area contributed by atoms with Crippen molar-refractivity contribution >= 4 is 34.6 Å². The molecule has 0 radical (unpaired) electrons. The summed E-state index contributed by atoms with van der Waals surface area (Å²) in [5.41, 5.74) is 5.46. The van der Waals surface area contributed by atoms with Crippen molar-refractivity contribution in [2.45, 2.75) is 0 Å². The Hall–Kier alpha value is -3.38. The number of fused-ring (bicyclic) bond motifs is 1. The molecule has 0 bridgehead atoms. The minimum absolute atomic E-state index is 0.348. The van der Waals surface area contributed by atoms with E-state index in [-0.39, 0.29) is 5.91 Å². The van der Waals surface area contributed by atoms with E-state index in [2.05, 4.69) is 25.5 Å². The van der Waals surface area contributed by atoms with Crippen molar-refractivity contribution in [3.63, 3.8) is 0 Å². The molecule has 0 saturated carbocycles. The van der Waals surface area contributed by atoms with Crippen LogP contribution < -0.4 is 5.43 Å². The third-order valence-corrected chi connectivity index (χ3v) is 4.15. The highest BCUT2D eigenvalue weighted by molar-refractivity contribution is 6.31. The van der Waals surface area contributed by atoms with Gasteiger partial charge in [0.25, 0.3) is 5.91 Å². The fourth-order valence-corrected chi connectivity index (χ4v) is 3.00. The SMILES string of the molecule is O=C(N/N=C\c1ncc[nH]1)c1[nH]c2ccccc2c1-c1cccc(Cl)c1. The summed E-state index contributed by atoms with van der Waals surface area (Å²) in [6, 6.07) is 15.1. The van der Waals surface area contributed by atoms with Crippen LogP contribution in [-0.4, -0.2) is 27.1 Å². The van der Waals surface area contributed by atoms with Crippen molar-refractivity contribution in [1.29, 1.82) is 0 Å². The molecule has 0 unspecified atom stereocenters. The van der Waals surface area contributed by atoms with Crippen LogP contribution in [0.25, 0.3) is 22.0 Å². The topological polar surface area (TPSA) is 85.9 Å². The summed E-state index contributed by atoms with van der Waals surface area (Å²) in [5.74, 6) is 0.205. The average molecular weight is 364 g/mol. The monoisotopic (exact) mass is 363 g/mol. The number of hydrogen-bond acceptors (Lipinski definition) is 3. The third-order valence-electron chi connectivity index (χ3n) is 3.92. The second kappa shape index (κ2) is 6.85. The summed E-state index contributed by atoms with van der Waals surface area (Å²) in [4.78, 5) is 22.8. The van der Waals surface area contributed by atoms with Crippen LogP contribution >= 0.6 is 11.6 Å². The van der Waals surface area contributed by atoms with Gasteiger partial charge in [0.2, 0.25) is 0 Å². The van der Waals surface area contributed by atoms with Gasteiger partial charge in [0.1, 0.15) is 11.5 Å². The first kappa shape index (κ1) is 16.1. The van der Waals surface area contributed by atoms with Gasteiger partial charge in [0.15, 0.2) is 0 Å². The number of hydrogen-bond donors (Lipinski definition) is 3. The number of para-hydroxylation sites is 1. The van der Waals surface area contributed by atoms with Crippen molar-refractivity contribution in [3.8, 4) is 11.1 Å². The summed E-state index contributed by atoms with van der Waals surface area (Å²) in [5, 5.41) is 5.49. The first-order chi connectivity index (χ1) is 12.7. The maximum Gasteiger partial charge on any atom is 0.288 e.